The summed E-state index contributed by atoms with van der Waals surface area (Å²) in [6, 6.07) is 8.90. The number of hydrogen-bond donors (Lipinski definition) is 0. The smallest absolute Gasteiger partial charge is 0.245 e. The number of carbonyl (C=O) groups excluding carboxylic acids is 2. The number of benzene rings is 1. The van der Waals surface area contributed by atoms with E-state index in [0.717, 1.165) is 29.9 Å². The molecule has 1 saturated carbocycles. The lowest BCUT2D eigenvalue weighted by atomic mass is 10.1. The molecule has 142 valence electrons. The van der Waals surface area contributed by atoms with Crippen molar-refractivity contribution in [2.24, 2.45) is 0 Å². The number of nitrogens with zero attached hydrogens (tertiary/aromatic N) is 3. The lowest BCUT2D eigenvalue weighted by Gasteiger charge is -2.38. The minimum Gasteiger partial charge on any atom is -0.497 e. The maximum Gasteiger partial charge on any atom is 0.245 e. The van der Waals surface area contributed by atoms with Gasteiger partial charge in [-0.25, -0.2) is 0 Å². The molecule has 4 rings (SSSR count). The molecule has 0 radical (unpaired) electrons. The molecule has 0 unspecified atom stereocenters. The molecule has 1 aromatic carbocycles. The third kappa shape index (κ3) is 3.67. The molecule has 1 atom stereocenters. The van der Waals surface area contributed by atoms with E-state index in [1.165, 1.54) is 0 Å². The van der Waals surface area contributed by atoms with E-state index in [2.05, 4.69) is 5.16 Å². The fourth-order valence-electron chi connectivity index (χ4n) is 3.39. The van der Waals surface area contributed by atoms with Crippen LogP contribution in [0.5, 0.6) is 5.75 Å². The van der Waals surface area contributed by atoms with E-state index in [0.29, 0.717) is 24.7 Å². The van der Waals surface area contributed by atoms with Crippen LogP contribution < -0.4 is 4.74 Å². The van der Waals surface area contributed by atoms with E-state index in [1.807, 2.05) is 30.3 Å². The molecule has 7 heteroatoms. The first kappa shape index (κ1) is 17.6. The van der Waals surface area contributed by atoms with Crippen molar-refractivity contribution < 1.29 is 18.8 Å². The monoisotopic (exact) mass is 369 g/mol. The summed E-state index contributed by atoms with van der Waals surface area (Å²) in [6.07, 6.45) is 2.26. The highest BCUT2D eigenvalue weighted by Gasteiger charge is 2.37. The van der Waals surface area contributed by atoms with Crippen molar-refractivity contribution in [3.8, 4) is 5.75 Å². The summed E-state index contributed by atoms with van der Waals surface area (Å²) in [5.74, 6) is 1.98. The van der Waals surface area contributed by atoms with Crippen LogP contribution in [0.3, 0.4) is 0 Å². The number of methoxy groups -OCH3 is 1. The van der Waals surface area contributed by atoms with Crippen molar-refractivity contribution in [1.29, 1.82) is 0 Å². The van der Waals surface area contributed by atoms with Crippen LogP contribution in [-0.2, 0) is 22.7 Å². The van der Waals surface area contributed by atoms with Crippen LogP contribution in [0.1, 0.15) is 42.7 Å². The Kier molecular flexibility index (Phi) is 4.59. The van der Waals surface area contributed by atoms with Crippen LogP contribution in [0.15, 0.2) is 34.9 Å². The van der Waals surface area contributed by atoms with E-state index >= 15 is 0 Å². The van der Waals surface area contributed by atoms with Gasteiger partial charge in [-0.1, -0.05) is 17.3 Å². The SMILES string of the molecule is COc1ccc(CN2CC(=O)N(Cc3cc(C4CC4)on3)[C@@H](C)C2=O)cc1. The van der Waals surface area contributed by atoms with Crippen LogP contribution in [-0.4, -0.2) is 46.5 Å². The van der Waals surface area contributed by atoms with Crippen molar-refractivity contribution in [3.63, 3.8) is 0 Å². The maximum absolute atomic E-state index is 12.8. The van der Waals surface area contributed by atoms with Crippen LogP contribution in [0.2, 0.25) is 0 Å². The van der Waals surface area contributed by atoms with Gasteiger partial charge in [0.25, 0.3) is 0 Å². The van der Waals surface area contributed by atoms with Crippen LogP contribution in [0.4, 0.5) is 0 Å². The quantitative estimate of drug-likeness (QED) is 0.781. The third-order valence-corrected chi connectivity index (χ3v) is 5.20. The van der Waals surface area contributed by atoms with E-state index in [4.69, 9.17) is 9.26 Å². The Morgan fingerprint density at radius 3 is 2.59 bits per heavy atom. The van der Waals surface area contributed by atoms with Gasteiger partial charge in [-0.15, -0.1) is 0 Å². The van der Waals surface area contributed by atoms with Gasteiger partial charge in [-0.2, -0.15) is 0 Å². The van der Waals surface area contributed by atoms with E-state index < -0.39 is 6.04 Å². The molecule has 7 nitrogen and oxygen atoms in total. The molecule has 1 aromatic heterocycles. The van der Waals surface area contributed by atoms with Gasteiger partial charge in [0.15, 0.2) is 0 Å². The van der Waals surface area contributed by atoms with E-state index in [9.17, 15) is 9.59 Å². The maximum atomic E-state index is 12.8. The first-order valence-electron chi connectivity index (χ1n) is 9.22. The Bertz CT molecular complexity index is 841. The Morgan fingerprint density at radius 1 is 1.19 bits per heavy atom. The molecule has 2 aromatic rings. The zero-order valence-electron chi connectivity index (χ0n) is 15.6. The minimum atomic E-state index is -0.523. The fourth-order valence-corrected chi connectivity index (χ4v) is 3.39. The molecule has 2 aliphatic rings. The fraction of sp³-hybridized carbons (Fsp3) is 0.450. The lowest BCUT2D eigenvalue weighted by molar-refractivity contribution is -0.156. The molecular formula is C20H23N3O4. The number of carbonyl (C=O) groups is 2. The summed E-state index contributed by atoms with van der Waals surface area (Å²) in [5, 5.41) is 4.06. The van der Waals surface area contributed by atoms with Crippen molar-refractivity contribution >= 4 is 11.8 Å². The van der Waals surface area contributed by atoms with Crippen molar-refractivity contribution in [2.75, 3.05) is 13.7 Å². The molecule has 0 spiro atoms. The second-order valence-electron chi connectivity index (χ2n) is 7.23. The summed E-state index contributed by atoms with van der Waals surface area (Å²) < 4.78 is 10.5. The van der Waals surface area contributed by atoms with Gasteiger partial charge in [0.1, 0.15) is 29.8 Å². The standard InChI is InChI=1S/C20H23N3O4/c1-13-20(25)22(10-14-3-7-17(26-2)8-4-14)12-19(24)23(13)11-16-9-18(27-21-16)15-5-6-15/h3-4,7-9,13,15H,5-6,10-12H2,1-2H3/t13-/m0/s1. The highest BCUT2D eigenvalue weighted by atomic mass is 16.5. The zero-order valence-corrected chi connectivity index (χ0v) is 15.6. The van der Waals surface area contributed by atoms with E-state index in [1.54, 1.807) is 23.8 Å². The first-order chi connectivity index (χ1) is 13.0. The Morgan fingerprint density at radius 2 is 1.93 bits per heavy atom. The van der Waals surface area contributed by atoms with Crippen molar-refractivity contribution in [2.45, 2.75) is 44.8 Å². The zero-order chi connectivity index (χ0) is 19.0. The van der Waals surface area contributed by atoms with Gasteiger partial charge in [-0.3, -0.25) is 9.59 Å². The Hall–Kier alpha value is -2.83. The van der Waals surface area contributed by atoms with Crippen molar-refractivity contribution in [1.82, 2.24) is 15.0 Å². The molecule has 1 aliphatic heterocycles. The molecule has 2 heterocycles. The molecule has 1 aliphatic carbocycles. The Labute approximate surface area is 157 Å². The molecule has 0 bridgehead atoms. The van der Waals surface area contributed by atoms with Gasteiger partial charge < -0.3 is 19.1 Å². The molecule has 2 amide bonds. The second kappa shape index (κ2) is 7.06. The minimum absolute atomic E-state index is 0.0590. The highest BCUT2D eigenvalue weighted by molar-refractivity contribution is 5.94. The predicted molar refractivity (Wildman–Crippen MR) is 96.9 cm³/mol. The summed E-state index contributed by atoms with van der Waals surface area (Å²) in [4.78, 5) is 28.6. The molecule has 0 N–H and O–H groups in total. The van der Waals surface area contributed by atoms with Gasteiger partial charge in [0, 0.05) is 18.5 Å². The molecule has 27 heavy (non-hydrogen) atoms. The average molecular weight is 369 g/mol. The van der Waals surface area contributed by atoms with Gasteiger partial charge in [0.2, 0.25) is 11.8 Å². The van der Waals surface area contributed by atoms with Crippen LogP contribution in [0.25, 0.3) is 0 Å². The number of aromatic nitrogens is 1. The number of rotatable bonds is 6. The molecule has 1 saturated heterocycles. The summed E-state index contributed by atoms with van der Waals surface area (Å²) >= 11 is 0. The summed E-state index contributed by atoms with van der Waals surface area (Å²) in [7, 11) is 1.61. The average Bonchev–Trinajstić information content (AvgIpc) is 3.42. The first-order valence-corrected chi connectivity index (χ1v) is 9.22. The molecule has 2 fully saturated rings. The largest absolute Gasteiger partial charge is 0.497 e. The van der Waals surface area contributed by atoms with E-state index in [-0.39, 0.29) is 18.4 Å². The number of amides is 2. The third-order valence-electron chi connectivity index (χ3n) is 5.20. The van der Waals surface area contributed by atoms with Gasteiger partial charge in [0.05, 0.1) is 13.7 Å². The second-order valence-corrected chi connectivity index (χ2v) is 7.23. The van der Waals surface area contributed by atoms with Crippen LogP contribution in [0, 0.1) is 0 Å². The topological polar surface area (TPSA) is 75.9 Å². The van der Waals surface area contributed by atoms with Gasteiger partial charge in [-0.05, 0) is 37.5 Å². The predicted octanol–water partition coefficient (Wildman–Crippen LogP) is 2.32. The highest BCUT2D eigenvalue weighted by Crippen LogP contribution is 2.40. The summed E-state index contributed by atoms with van der Waals surface area (Å²) in [6.45, 7) is 2.55. The molecular weight excluding hydrogens is 346 g/mol. The number of piperazine rings is 1. The van der Waals surface area contributed by atoms with Crippen molar-refractivity contribution in [3.05, 3.63) is 47.3 Å². The summed E-state index contributed by atoms with van der Waals surface area (Å²) in [5.41, 5.74) is 1.66. The van der Waals surface area contributed by atoms with Gasteiger partial charge >= 0.3 is 0 Å². The number of hydrogen-bond acceptors (Lipinski definition) is 5. The lowest BCUT2D eigenvalue weighted by Crippen LogP contribution is -2.58. The Balaban J connectivity index is 1.42. The number of ether oxygens (including phenoxy) is 1. The normalized spacial score (nSPS) is 20.3. The van der Waals surface area contributed by atoms with Crippen LogP contribution >= 0.6 is 0 Å².